The molecule has 0 bridgehead atoms. The van der Waals surface area contributed by atoms with Crippen LogP contribution in [0.25, 0.3) is 0 Å². The first-order chi connectivity index (χ1) is 10.1. The Morgan fingerprint density at radius 1 is 1.05 bits per heavy atom. The molecule has 0 heterocycles. The number of esters is 1. The fourth-order valence-corrected chi connectivity index (χ4v) is 2.29. The molecule has 1 N–H and O–H groups in total. The molecule has 0 aromatic heterocycles. The molecule has 2 rings (SSSR count). The van der Waals surface area contributed by atoms with Crippen LogP contribution in [0.1, 0.15) is 24.0 Å². The minimum Gasteiger partial charge on any atom is -0.467 e. The topological polar surface area (TPSA) is 38.3 Å². The summed E-state index contributed by atoms with van der Waals surface area (Å²) < 4.78 is 4.95. The van der Waals surface area contributed by atoms with Crippen molar-refractivity contribution in [1.82, 2.24) is 0 Å². The van der Waals surface area contributed by atoms with E-state index in [0.717, 1.165) is 11.3 Å². The molecule has 110 valence electrons. The average Bonchev–Trinajstić information content (AvgIpc) is 2.54. The maximum atomic E-state index is 12.1. The van der Waals surface area contributed by atoms with Crippen LogP contribution in [0.15, 0.2) is 54.6 Å². The summed E-state index contributed by atoms with van der Waals surface area (Å²) in [5.41, 5.74) is 3.21. The van der Waals surface area contributed by atoms with Crippen LogP contribution in [0.4, 0.5) is 5.69 Å². The van der Waals surface area contributed by atoms with Crippen LogP contribution >= 0.6 is 0 Å². The minimum atomic E-state index is -0.417. The quantitative estimate of drug-likeness (QED) is 0.849. The molecule has 21 heavy (non-hydrogen) atoms. The predicted octanol–water partition coefficient (Wildman–Crippen LogP) is 3.75. The van der Waals surface area contributed by atoms with Crippen LogP contribution in [0.2, 0.25) is 0 Å². The van der Waals surface area contributed by atoms with Crippen LogP contribution < -0.4 is 5.32 Å². The number of hydrogen-bond acceptors (Lipinski definition) is 3. The molecule has 0 amide bonds. The van der Waals surface area contributed by atoms with Crippen molar-refractivity contribution in [2.45, 2.75) is 25.8 Å². The first-order valence-corrected chi connectivity index (χ1v) is 7.08. The zero-order valence-corrected chi connectivity index (χ0v) is 12.7. The number of benzene rings is 2. The number of aryl methyl sites for hydroxylation is 1. The van der Waals surface area contributed by atoms with Crippen molar-refractivity contribution in [3.8, 4) is 0 Å². The fraction of sp³-hybridized carbons (Fsp3) is 0.278. The largest absolute Gasteiger partial charge is 0.467 e. The lowest BCUT2D eigenvalue weighted by atomic mass is 9.93. The zero-order chi connectivity index (χ0) is 15.2. The van der Waals surface area contributed by atoms with Crippen molar-refractivity contribution in [3.63, 3.8) is 0 Å². The third-order valence-corrected chi connectivity index (χ3v) is 3.65. The number of rotatable bonds is 5. The van der Waals surface area contributed by atoms with Gasteiger partial charge in [-0.05, 0) is 24.6 Å². The van der Waals surface area contributed by atoms with Crippen molar-refractivity contribution >= 4 is 11.7 Å². The molecule has 0 aliphatic rings. The van der Waals surface area contributed by atoms with Gasteiger partial charge in [0.05, 0.1) is 7.11 Å². The Balaban J connectivity index is 2.22. The molecule has 0 aliphatic heterocycles. The van der Waals surface area contributed by atoms with E-state index < -0.39 is 6.04 Å². The molecule has 3 nitrogen and oxygen atoms in total. The summed E-state index contributed by atoms with van der Waals surface area (Å²) in [4.78, 5) is 12.1. The van der Waals surface area contributed by atoms with Crippen molar-refractivity contribution in [2.24, 2.45) is 0 Å². The van der Waals surface area contributed by atoms with Gasteiger partial charge in [0.25, 0.3) is 0 Å². The van der Waals surface area contributed by atoms with Crippen molar-refractivity contribution in [3.05, 3.63) is 65.7 Å². The lowest BCUT2D eigenvalue weighted by Gasteiger charge is -2.24. The second-order valence-corrected chi connectivity index (χ2v) is 5.21. The molecule has 0 fully saturated rings. The Hall–Kier alpha value is -2.29. The van der Waals surface area contributed by atoms with E-state index in [4.69, 9.17) is 4.74 Å². The summed E-state index contributed by atoms with van der Waals surface area (Å²) in [6, 6.07) is 17.5. The van der Waals surface area contributed by atoms with Gasteiger partial charge in [-0.15, -0.1) is 0 Å². The van der Waals surface area contributed by atoms with Crippen LogP contribution in [-0.4, -0.2) is 19.1 Å². The molecular formula is C18H21NO2. The third kappa shape index (κ3) is 3.85. The van der Waals surface area contributed by atoms with E-state index in [1.165, 1.54) is 12.7 Å². The summed E-state index contributed by atoms with van der Waals surface area (Å²) in [6.45, 7) is 4.06. The summed E-state index contributed by atoms with van der Waals surface area (Å²) >= 11 is 0. The highest BCUT2D eigenvalue weighted by Gasteiger charge is 2.26. The summed E-state index contributed by atoms with van der Waals surface area (Å²) in [5, 5.41) is 3.28. The van der Waals surface area contributed by atoms with Gasteiger partial charge in [0.15, 0.2) is 0 Å². The summed E-state index contributed by atoms with van der Waals surface area (Å²) in [5.74, 6) is -0.244. The first-order valence-electron chi connectivity index (χ1n) is 7.08. The standard InChI is InChI=1S/C18H21NO2/c1-13-9-11-16(12-10-13)19-17(18(20)21-3)14(2)15-7-5-4-6-8-15/h4-12,14,17,19H,1-3H3. The molecule has 2 aromatic rings. The van der Waals surface area contributed by atoms with Gasteiger partial charge in [-0.25, -0.2) is 4.79 Å². The average molecular weight is 283 g/mol. The molecule has 3 heteroatoms. The van der Waals surface area contributed by atoms with E-state index >= 15 is 0 Å². The van der Waals surface area contributed by atoms with E-state index in [1.807, 2.05) is 68.4 Å². The Morgan fingerprint density at radius 2 is 1.67 bits per heavy atom. The Labute approximate surface area is 126 Å². The third-order valence-electron chi connectivity index (χ3n) is 3.65. The Kier molecular flexibility index (Phi) is 4.99. The molecule has 0 saturated heterocycles. The zero-order valence-electron chi connectivity index (χ0n) is 12.7. The molecule has 0 radical (unpaired) electrons. The lowest BCUT2D eigenvalue weighted by Crippen LogP contribution is -2.35. The smallest absolute Gasteiger partial charge is 0.328 e. The van der Waals surface area contributed by atoms with Gasteiger partial charge in [-0.2, -0.15) is 0 Å². The van der Waals surface area contributed by atoms with Gasteiger partial charge in [0, 0.05) is 11.6 Å². The second-order valence-electron chi connectivity index (χ2n) is 5.21. The monoisotopic (exact) mass is 283 g/mol. The molecular weight excluding hydrogens is 262 g/mol. The predicted molar refractivity (Wildman–Crippen MR) is 85.5 cm³/mol. The van der Waals surface area contributed by atoms with Crippen LogP contribution in [0.5, 0.6) is 0 Å². The van der Waals surface area contributed by atoms with E-state index in [0.29, 0.717) is 0 Å². The van der Waals surface area contributed by atoms with Crippen LogP contribution in [0, 0.1) is 6.92 Å². The van der Waals surface area contributed by atoms with Gasteiger partial charge in [-0.1, -0.05) is 55.0 Å². The molecule has 0 spiro atoms. The van der Waals surface area contributed by atoms with Crippen molar-refractivity contribution in [1.29, 1.82) is 0 Å². The minimum absolute atomic E-state index is 0.0138. The maximum Gasteiger partial charge on any atom is 0.328 e. The number of methoxy groups -OCH3 is 1. The highest BCUT2D eigenvalue weighted by molar-refractivity contribution is 5.80. The molecule has 2 unspecified atom stereocenters. The molecule has 2 aromatic carbocycles. The molecule has 0 aliphatic carbocycles. The number of carbonyl (C=O) groups is 1. The second kappa shape index (κ2) is 6.93. The summed E-state index contributed by atoms with van der Waals surface area (Å²) in [6.07, 6.45) is 0. The fourth-order valence-electron chi connectivity index (χ4n) is 2.29. The van der Waals surface area contributed by atoms with Crippen molar-refractivity contribution in [2.75, 3.05) is 12.4 Å². The SMILES string of the molecule is COC(=O)C(Nc1ccc(C)cc1)C(C)c1ccccc1. The first kappa shape index (κ1) is 15.1. The lowest BCUT2D eigenvalue weighted by molar-refractivity contribution is -0.142. The Bertz CT molecular complexity index is 578. The molecule has 2 atom stereocenters. The van der Waals surface area contributed by atoms with Crippen molar-refractivity contribution < 1.29 is 9.53 Å². The van der Waals surface area contributed by atoms with Gasteiger partial charge >= 0.3 is 5.97 Å². The number of carbonyl (C=O) groups excluding carboxylic acids is 1. The number of hydrogen-bond donors (Lipinski definition) is 1. The van der Waals surface area contributed by atoms with Crippen LogP contribution in [-0.2, 0) is 9.53 Å². The van der Waals surface area contributed by atoms with E-state index in [-0.39, 0.29) is 11.9 Å². The van der Waals surface area contributed by atoms with Gasteiger partial charge in [-0.3, -0.25) is 0 Å². The highest BCUT2D eigenvalue weighted by Crippen LogP contribution is 2.23. The Morgan fingerprint density at radius 3 is 2.24 bits per heavy atom. The highest BCUT2D eigenvalue weighted by atomic mass is 16.5. The number of ether oxygens (including phenoxy) is 1. The molecule has 0 saturated carbocycles. The van der Waals surface area contributed by atoms with Gasteiger partial charge < -0.3 is 10.1 Å². The maximum absolute atomic E-state index is 12.1. The van der Waals surface area contributed by atoms with E-state index in [9.17, 15) is 4.79 Å². The van der Waals surface area contributed by atoms with E-state index in [1.54, 1.807) is 0 Å². The van der Waals surface area contributed by atoms with Gasteiger partial charge in [0.1, 0.15) is 6.04 Å². The number of anilines is 1. The summed E-state index contributed by atoms with van der Waals surface area (Å²) in [7, 11) is 1.42. The van der Waals surface area contributed by atoms with Crippen LogP contribution in [0.3, 0.4) is 0 Å². The van der Waals surface area contributed by atoms with Gasteiger partial charge in [0.2, 0.25) is 0 Å². The van der Waals surface area contributed by atoms with E-state index in [2.05, 4.69) is 5.32 Å². The number of nitrogens with one attached hydrogen (secondary N) is 1. The normalized spacial score (nSPS) is 13.3.